The van der Waals surface area contributed by atoms with E-state index in [1.165, 1.54) is 0 Å². The predicted octanol–water partition coefficient (Wildman–Crippen LogP) is 0.312. The molecule has 0 aliphatic heterocycles. The van der Waals surface area contributed by atoms with E-state index < -0.39 is 0 Å². The van der Waals surface area contributed by atoms with Crippen molar-refractivity contribution in [3.8, 4) is 0 Å². The van der Waals surface area contributed by atoms with Crippen molar-refractivity contribution in [3.63, 3.8) is 0 Å². The van der Waals surface area contributed by atoms with Gasteiger partial charge in [-0.15, -0.1) is 5.10 Å². The van der Waals surface area contributed by atoms with Crippen LogP contribution in [0.4, 0.5) is 0 Å². The third-order valence-corrected chi connectivity index (χ3v) is 2.44. The highest BCUT2D eigenvalue weighted by Crippen LogP contribution is 2.06. The fraction of sp³-hybridized carbons (Fsp3) is 0.800. The largest absolute Gasteiger partial charge is 0.396 e. The molecule has 1 rings (SSSR count). The lowest BCUT2D eigenvalue weighted by Gasteiger charge is -2.20. The Morgan fingerprint density at radius 3 is 2.73 bits per heavy atom. The molecule has 0 saturated carbocycles. The first-order valence-electron chi connectivity index (χ1n) is 5.33. The van der Waals surface area contributed by atoms with Gasteiger partial charge < -0.3 is 10.4 Å². The molecule has 86 valence electrons. The van der Waals surface area contributed by atoms with Crippen LogP contribution in [0.5, 0.6) is 0 Å². The standard InChI is InChI=1S/C10H20N4O/c1-8(2)10(4-5-15)11-6-9-7-14(3)13-12-9/h7-8,10-11,15H,4-6H2,1-3H3. The van der Waals surface area contributed by atoms with Crippen molar-refractivity contribution in [2.24, 2.45) is 13.0 Å². The molecule has 0 radical (unpaired) electrons. The van der Waals surface area contributed by atoms with E-state index in [4.69, 9.17) is 5.11 Å². The first-order chi connectivity index (χ1) is 7.13. The smallest absolute Gasteiger partial charge is 0.0964 e. The third kappa shape index (κ3) is 3.97. The zero-order valence-electron chi connectivity index (χ0n) is 9.64. The van der Waals surface area contributed by atoms with Crippen LogP contribution in [0.3, 0.4) is 0 Å². The molecule has 5 nitrogen and oxygen atoms in total. The summed E-state index contributed by atoms with van der Waals surface area (Å²) < 4.78 is 1.69. The van der Waals surface area contributed by atoms with Gasteiger partial charge in [-0.05, 0) is 12.3 Å². The average Bonchev–Trinajstić information content (AvgIpc) is 2.58. The van der Waals surface area contributed by atoms with E-state index in [9.17, 15) is 0 Å². The quantitative estimate of drug-likeness (QED) is 0.712. The molecular weight excluding hydrogens is 192 g/mol. The second kappa shape index (κ2) is 5.82. The fourth-order valence-corrected chi connectivity index (χ4v) is 1.52. The van der Waals surface area contributed by atoms with Crippen LogP contribution in [0.2, 0.25) is 0 Å². The summed E-state index contributed by atoms with van der Waals surface area (Å²) in [6.07, 6.45) is 2.67. The molecule has 1 unspecified atom stereocenters. The molecule has 2 N–H and O–H groups in total. The number of aliphatic hydroxyl groups is 1. The van der Waals surface area contributed by atoms with Gasteiger partial charge in [0.05, 0.1) is 5.69 Å². The molecule has 0 fully saturated rings. The number of nitrogens with one attached hydrogen (secondary N) is 1. The topological polar surface area (TPSA) is 63.0 Å². The Bertz CT molecular complexity index is 285. The molecule has 0 saturated heterocycles. The Balaban J connectivity index is 2.39. The molecule has 1 atom stereocenters. The van der Waals surface area contributed by atoms with Crippen LogP contribution >= 0.6 is 0 Å². The van der Waals surface area contributed by atoms with Gasteiger partial charge in [-0.1, -0.05) is 19.1 Å². The summed E-state index contributed by atoms with van der Waals surface area (Å²) in [4.78, 5) is 0. The van der Waals surface area contributed by atoms with E-state index in [2.05, 4.69) is 29.5 Å². The van der Waals surface area contributed by atoms with Crippen molar-refractivity contribution < 1.29 is 5.11 Å². The maximum atomic E-state index is 8.91. The number of nitrogens with zero attached hydrogens (tertiary/aromatic N) is 3. The SMILES string of the molecule is CC(C)C(CCO)NCc1cn(C)nn1. The molecule has 0 bridgehead atoms. The lowest BCUT2D eigenvalue weighted by molar-refractivity contribution is 0.243. The molecule has 5 heteroatoms. The van der Waals surface area contributed by atoms with E-state index >= 15 is 0 Å². The summed E-state index contributed by atoms with van der Waals surface area (Å²) >= 11 is 0. The Kier molecular flexibility index (Phi) is 4.71. The number of hydrogen-bond acceptors (Lipinski definition) is 4. The summed E-state index contributed by atoms with van der Waals surface area (Å²) in [6, 6.07) is 0.331. The number of rotatable bonds is 6. The number of aliphatic hydroxyl groups excluding tert-OH is 1. The second-order valence-electron chi connectivity index (χ2n) is 4.13. The maximum Gasteiger partial charge on any atom is 0.0964 e. The fourth-order valence-electron chi connectivity index (χ4n) is 1.52. The van der Waals surface area contributed by atoms with Crippen LogP contribution in [0.25, 0.3) is 0 Å². The molecule has 0 amide bonds. The van der Waals surface area contributed by atoms with Gasteiger partial charge in [0, 0.05) is 32.4 Å². The van der Waals surface area contributed by atoms with Gasteiger partial charge in [0.15, 0.2) is 0 Å². The van der Waals surface area contributed by atoms with E-state index in [0.29, 0.717) is 18.5 Å². The van der Waals surface area contributed by atoms with E-state index in [-0.39, 0.29) is 6.61 Å². The lowest BCUT2D eigenvalue weighted by Crippen LogP contribution is -2.34. The van der Waals surface area contributed by atoms with Crippen molar-refractivity contribution in [1.82, 2.24) is 20.3 Å². The Morgan fingerprint density at radius 2 is 2.27 bits per heavy atom. The molecule has 15 heavy (non-hydrogen) atoms. The van der Waals surface area contributed by atoms with Crippen LogP contribution in [0.15, 0.2) is 6.20 Å². The highest BCUT2D eigenvalue weighted by molar-refractivity contribution is 4.91. The van der Waals surface area contributed by atoms with Crippen molar-refractivity contribution in [2.45, 2.75) is 32.9 Å². The highest BCUT2D eigenvalue weighted by Gasteiger charge is 2.12. The van der Waals surface area contributed by atoms with Gasteiger partial charge in [-0.25, -0.2) is 0 Å². The van der Waals surface area contributed by atoms with Gasteiger partial charge in [0.2, 0.25) is 0 Å². The first-order valence-corrected chi connectivity index (χ1v) is 5.33. The molecule has 0 spiro atoms. The zero-order valence-corrected chi connectivity index (χ0v) is 9.64. The van der Waals surface area contributed by atoms with Crippen LogP contribution < -0.4 is 5.32 Å². The lowest BCUT2D eigenvalue weighted by atomic mass is 10.0. The minimum atomic E-state index is 0.219. The molecule has 0 aliphatic carbocycles. The van der Waals surface area contributed by atoms with E-state index in [1.807, 2.05) is 13.2 Å². The number of aromatic nitrogens is 3. The summed E-state index contributed by atoms with van der Waals surface area (Å²) in [5, 5.41) is 20.1. The van der Waals surface area contributed by atoms with Crippen LogP contribution in [0.1, 0.15) is 26.0 Å². The van der Waals surface area contributed by atoms with Crippen molar-refractivity contribution >= 4 is 0 Å². The van der Waals surface area contributed by atoms with Gasteiger partial charge in [-0.2, -0.15) is 0 Å². The third-order valence-electron chi connectivity index (χ3n) is 2.44. The summed E-state index contributed by atoms with van der Waals surface area (Å²) in [5.74, 6) is 0.508. The Hall–Kier alpha value is -0.940. The maximum absolute atomic E-state index is 8.91. The zero-order chi connectivity index (χ0) is 11.3. The second-order valence-corrected chi connectivity index (χ2v) is 4.13. The first kappa shape index (κ1) is 12.1. The minimum Gasteiger partial charge on any atom is -0.396 e. The van der Waals surface area contributed by atoms with E-state index in [1.54, 1.807) is 4.68 Å². The van der Waals surface area contributed by atoms with Gasteiger partial charge >= 0.3 is 0 Å². The van der Waals surface area contributed by atoms with Gasteiger partial charge in [0.1, 0.15) is 0 Å². The Morgan fingerprint density at radius 1 is 1.53 bits per heavy atom. The normalized spacial score (nSPS) is 13.4. The highest BCUT2D eigenvalue weighted by atomic mass is 16.3. The molecule has 1 aromatic heterocycles. The van der Waals surface area contributed by atoms with Crippen LogP contribution in [-0.2, 0) is 13.6 Å². The predicted molar refractivity (Wildman–Crippen MR) is 58.2 cm³/mol. The molecule has 0 aromatic carbocycles. The van der Waals surface area contributed by atoms with Crippen molar-refractivity contribution in [3.05, 3.63) is 11.9 Å². The van der Waals surface area contributed by atoms with Crippen LogP contribution in [-0.4, -0.2) is 32.7 Å². The van der Waals surface area contributed by atoms with Crippen LogP contribution in [0, 0.1) is 5.92 Å². The van der Waals surface area contributed by atoms with Crippen molar-refractivity contribution in [2.75, 3.05) is 6.61 Å². The molecule has 1 aromatic rings. The van der Waals surface area contributed by atoms with E-state index in [0.717, 1.165) is 12.1 Å². The number of hydrogen-bond donors (Lipinski definition) is 2. The molecule has 0 aliphatic rings. The number of aryl methyl sites for hydroxylation is 1. The van der Waals surface area contributed by atoms with Gasteiger partial charge in [0.25, 0.3) is 0 Å². The Labute approximate surface area is 90.5 Å². The summed E-state index contributed by atoms with van der Waals surface area (Å²) in [7, 11) is 1.85. The van der Waals surface area contributed by atoms with Crippen molar-refractivity contribution in [1.29, 1.82) is 0 Å². The summed E-state index contributed by atoms with van der Waals surface area (Å²) in [6.45, 7) is 5.21. The monoisotopic (exact) mass is 212 g/mol. The molecular formula is C10H20N4O. The van der Waals surface area contributed by atoms with Gasteiger partial charge in [-0.3, -0.25) is 4.68 Å². The minimum absolute atomic E-state index is 0.219. The summed E-state index contributed by atoms with van der Waals surface area (Å²) in [5.41, 5.74) is 0.932. The molecule has 1 heterocycles. The average molecular weight is 212 g/mol.